The van der Waals surface area contributed by atoms with Crippen LogP contribution in [0.15, 0.2) is 24.3 Å². The molecule has 1 aliphatic carbocycles. The van der Waals surface area contributed by atoms with E-state index in [9.17, 15) is 9.59 Å². The van der Waals surface area contributed by atoms with Crippen LogP contribution in [0.1, 0.15) is 83.4 Å². The molecular formula is C25H39N3O2. The van der Waals surface area contributed by atoms with Gasteiger partial charge in [-0.15, -0.1) is 0 Å². The molecular weight excluding hydrogens is 374 g/mol. The zero-order valence-corrected chi connectivity index (χ0v) is 19.2. The quantitative estimate of drug-likeness (QED) is 0.743. The zero-order valence-electron chi connectivity index (χ0n) is 19.2. The van der Waals surface area contributed by atoms with Crippen molar-refractivity contribution in [3.05, 3.63) is 35.4 Å². The Balaban J connectivity index is 1.63. The lowest BCUT2D eigenvalue weighted by molar-refractivity contribution is -0.122. The van der Waals surface area contributed by atoms with Crippen LogP contribution in [0.2, 0.25) is 0 Å². The average Bonchev–Trinajstić information content (AvgIpc) is 2.69. The number of benzene rings is 1. The van der Waals surface area contributed by atoms with Crippen molar-refractivity contribution in [1.29, 1.82) is 0 Å². The van der Waals surface area contributed by atoms with Crippen LogP contribution in [-0.2, 0) is 15.0 Å². The van der Waals surface area contributed by atoms with Crippen LogP contribution in [0.3, 0.4) is 0 Å². The molecule has 30 heavy (non-hydrogen) atoms. The summed E-state index contributed by atoms with van der Waals surface area (Å²) in [7, 11) is 0. The summed E-state index contributed by atoms with van der Waals surface area (Å²) < 4.78 is 0. The first-order valence-corrected chi connectivity index (χ1v) is 11.5. The minimum absolute atomic E-state index is 0.0107. The highest BCUT2D eigenvalue weighted by Crippen LogP contribution is 2.48. The van der Waals surface area contributed by atoms with Gasteiger partial charge in [0.1, 0.15) is 0 Å². The van der Waals surface area contributed by atoms with Gasteiger partial charge >= 0.3 is 0 Å². The predicted octanol–water partition coefficient (Wildman–Crippen LogP) is 3.93. The molecule has 1 aliphatic heterocycles. The number of rotatable bonds is 6. The monoisotopic (exact) mass is 413 g/mol. The topological polar surface area (TPSA) is 61.4 Å². The highest BCUT2D eigenvalue weighted by Gasteiger charge is 2.42. The number of carbonyl (C=O) groups is 2. The van der Waals surface area contributed by atoms with E-state index in [0.717, 1.165) is 25.9 Å². The second-order valence-electron chi connectivity index (χ2n) is 10.4. The number of hydrogen-bond donors (Lipinski definition) is 2. The van der Waals surface area contributed by atoms with Crippen LogP contribution in [-0.4, -0.2) is 42.9 Å². The molecule has 1 aromatic carbocycles. The van der Waals surface area contributed by atoms with Gasteiger partial charge in [-0.3, -0.25) is 9.59 Å². The molecule has 5 heteroatoms. The van der Waals surface area contributed by atoms with E-state index in [0.29, 0.717) is 18.4 Å². The number of fused-ring (bicyclic) bond motifs is 2. The third-order valence-corrected chi connectivity index (χ3v) is 6.87. The van der Waals surface area contributed by atoms with Crippen LogP contribution < -0.4 is 10.6 Å². The number of amides is 2. The summed E-state index contributed by atoms with van der Waals surface area (Å²) in [5.41, 5.74) is 3.38. The molecule has 1 fully saturated rings. The van der Waals surface area contributed by atoms with E-state index in [1.165, 1.54) is 43.9 Å². The number of piperidine rings is 1. The van der Waals surface area contributed by atoms with Gasteiger partial charge in [0.05, 0.1) is 6.04 Å². The fourth-order valence-electron chi connectivity index (χ4n) is 4.98. The summed E-state index contributed by atoms with van der Waals surface area (Å²) in [4.78, 5) is 26.0. The minimum atomic E-state index is -0.0957. The lowest BCUT2D eigenvalue weighted by Gasteiger charge is -2.47. The summed E-state index contributed by atoms with van der Waals surface area (Å²) in [5, 5.41) is 5.91. The van der Waals surface area contributed by atoms with Crippen molar-refractivity contribution in [2.24, 2.45) is 5.41 Å². The standard InChI is InChI=1S/C25H39N3O2/c1-19(29)26-15-10-23(30)27-22-9-11-25(21-8-6-5-7-20(21)22)13-17-28(18-14-25)16-12-24(2,3)4/h5-8,22H,9-18H2,1-4H3,(H,26,29)(H,27,30)/t22-/m1/s1. The summed E-state index contributed by atoms with van der Waals surface area (Å²) in [6.45, 7) is 12.3. The summed E-state index contributed by atoms with van der Waals surface area (Å²) >= 11 is 0. The van der Waals surface area contributed by atoms with Gasteiger partial charge < -0.3 is 15.5 Å². The van der Waals surface area contributed by atoms with Crippen LogP contribution in [0.25, 0.3) is 0 Å². The Hall–Kier alpha value is -1.88. The van der Waals surface area contributed by atoms with Gasteiger partial charge in [-0.05, 0) is 73.7 Å². The van der Waals surface area contributed by atoms with Crippen molar-refractivity contribution in [2.75, 3.05) is 26.2 Å². The van der Waals surface area contributed by atoms with Gasteiger partial charge in [0.15, 0.2) is 0 Å². The number of hydrogen-bond acceptors (Lipinski definition) is 3. The molecule has 166 valence electrons. The Morgan fingerprint density at radius 3 is 2.50 bits per heavy atom. The van der Waals surface area contributed by atoms with Crippen molar-refractivity contribution in [1.82, 2.24) is 15.5 Å². The lowest BCUT2D eigenvalue weighted by atomic mass is 9.63. The highest BCUT2D eigenvalue weighted by molar-refractivity contribution is 5.78. The Morgan fingerprint density at radius 1 is 1.13 bits per heavy atom. The molecule has 0 bridgehead atoms. The van der Waals surface area contributed by atoms with Crippen LogP contribution >= 0.6 is 0 Å². The Kier molecular flexibility index (Phi) is 7.22. The van der Waals surface area contributed by atoms with E-state index in [-0.39, 0.29) is 23.3 Å². The molecule has 1 atom stereocenters. The molecule has 0 saturated carbocycles. The first-order chi connectivity index (χ1) is 14.2. The molecule has 2 N–H and O–H groups in total. The Labute approximate surface area is 182 Å². The van der Waals surface area contributed by atoms with Gasteiger partial charge in [0.25, 0.3) is 0 Å². The average molecular weight is 414 g/mol. The number of nitrogens with zero attached hydrogens (tertiary/aromatic N) is 1. The van der Waals surface area contributed by atoms with Gasteiger partial charge in [-0.25, -0.2) is 0 Å². The third kappa shape index (κ3) is 5.84. The molecule has 5 nitrogen and oxygen atoms in total. The molecule has 1 aromatic rings. The molecule has 0 aromatic heterocycles. The normalized spacial score (nSPS) is 21.1. The summed E-state index contributed by atoms with van der Waals surface area (Å²) in [5.74, 6) is -0.0851. The molecule has 1 heterocycles. The van der Waals surface area contributed by atoms with Gasteiger partial charge in [-0.1, -0.05) is 45.0 Å². The first kappa shape index (κ1) is 22.8. The van der Waals surface area contributed by atoms with Crippen LogP contribution in [0.4, 0.5) is 0 Å². The Morgan fingerprint density at radius 2 is 1.83 bits per heavy atom. The molecule has 3 rings (SSSR count). The first-order valence-electron chi connectivity index (χ1n) is 11.5. The molecule has 1 saturated heterocycles. The van der Waals surface area contributed by atoms with Crippen LogP contribution in [0.5, 0.6) is 0 Å². The van der Waals surface area contributed by atoms with Gasteiger partial charge in [-0.2, -0.15) is 0 Å². The lowest BCUT2D eigenvalue weighted by Crippen LogP contribution is -2.46. The van der Waals surface area contributed by atoms with E-state index < -0.39 is 0 Å². The minimum Gasteiger partial charge on any atom is -0.356 e. The maximum atomic E-state index is 12.4. The molecule has 2 amide bonds. The van der Waals surface area contributed by atoms with Crippen molar-refractivity contribution in [3.63, 3.8) is 0 Å². The highest BCUT2D eigenvalue weighted by atomic mass is 16.2. The van der Waals surface area contributed by atoms with Gasteiger partial charge in [0.2, 0.25) is 11.8 Å². The van der Waals surface area contributed by atoms with Crippen LogP contribution in [0, 0.1) is 5.41 Å². The predicted molar refractivity (Wildman–Crippen MR) is 121 cm³/mol. The molecule has 1 spiro atoms. The van der Waals surface area contributed by atoms with E-state index >= 15 is 0 Å². The summed E-state index contributed by atoms with van der Waals surface area (Å²) in [6.07, 6.45) is 6.10. The smallest absolute Gasteiger partial charge is 0.222 e. The summed E-state index contributed by atoms with van der Waals surface area (Å²) in [6, 6.07) is 8.80. The van der Waals surface area contributed by atoms with Gasteiger partial charge in [0, 0.05) is 19.9 Å². The SMILES string of the molecule is CC(=O)NCCC(=O)N[C@@H]1CCC2(CCN(CCC(C)(C)C)CC2)c2ccccc21. The number of nitrogens with one attached hydrogen (secondary N) is 2. The molecule has 0 unspecified atom stereocenters. The van der Waals surface area contributed by atoms with Crippen molar-refractivity contribution >= 4 is 11.8 Å². The van der Waals surface area contributed by atoms with E-state index in [1.54, 1.807) is 0 Å². The van der Waals surface area contributed by atoms with Crippen molar-refractivity contribution in [2.45, 2.75) is 77.7 Å². The second kappa shape index (κ2) is 9.51. The maximum Gasteiger partial charge on any atom is 0.222 e. The second-order valence-corrected chi connectivity index (χ2v) is 10.4. The van der Waals surface area contributed by atoms with Crippen molar-refractivity contribution < 1.29 is 9.59 Å². The zero-order chi connectivity index (χ0) is 21.8. The fraction of sp³-hybridized carbons (Fsp3) is 0.680. The number of carbonyl (C=O) groups excluding carboxylic acids is 2. The number of likely N-dealkylation sites (tertiary alicyclic amines) is 1. The third-order valence-electron chi connectivity index (χ3n) is 6.87. The van der Waals surface area contributed by atoms with E-state index in [4.69, 9.17) is 0 Å². The van der Waals surface area contributed by atoms with Crippen molar-refractivity contribution in [3.8, 4) is 0 Å². The maximum absolute atomic E-state index is 12.4. The van der Waals surface area contributed by atoms with E-state index in [1.807, 2.05) is 0 Å². The fourth-order valence-corrected chi connectivity index (χ4v) is 4.98. The largest absolute Gasteiger partial charge is 0.356 e. The molecule has 2 aliphatic rings. The van der Waals surface area contributed by atoms with E-state index in [2.05, 4.69) is 60.6 Å². The Bertz CT molecular complexity index is 745. The molecule has 0 radical (unpaired) electrons.